The second-order valence-corrected chi connectivity index (χ2v) is 15.4. The molecule has 0 bridgehead atoms. The number of aryl methyl sites for hydroxylation is 3. The SMILES string of the molecule is CCCCc1nc(CCCC)n(CC2=CC=C(c3ccccc3)C(CN3CCC(C)(C)C3=O)(S(=O)(=O)Nc3noc(C)c3C)C2)n1. The number of nitrogens with zero attached hydrogens (tertiary/aromatic N) is 5. The molecule has 1 amide bonds. The Morgan fingerprint density at radius 1 is 1.02 bits per heavy atom. The predicted molar refractivity (Wildman–Crippen MR) is 181 cm³/mol. The van der Waals surface area contributed by atoms with Crippen molar-refractivity contribution in [3.05, 3.63) is 76.6 Å². The number of carbonyl (C=O) groups is 1. The highest BCUT2D eigenvalue weighted by molar-refractivity contribution is 7.94. The first-order valence-corrected chi connectivity index (χ1v) is 18.0. The molecule has 0 saturated carbocycles. The minimum atomic E-state index is -4.23. The summed E-state index contributed by atoms with van der Waals surface area (Å²) in [6.45, 7) is 12.6. The zero-order valence-electron chi connectivity index (χ0n) is 28.1. The Labute approximate surface area is 273 Å². The van der Waals surface area contributed by atoms with E-state index >= 15 is 0 Å². The molecule has 1 saturated heterocycles. The van der Waals surface area contributed by atoms with Crippen molar-refractivity contribution in [3.8, 4) is 0 Å². The fourth-order valence-corrected chi connectivity index (χ4v) is 8.20. The molecule has 0 spiro atoms. The lowest BCUT2D eigenvalue weighted by atomic mass is 9.81. The third kappa shape index (κ3) is 6.70. The number of allylic oxidation sites excluding steroid dienone is 3. The van der Waals surface area contributed by atoms with Gasteiger partial charge >= 0.3 is 0 Å². The van der Waals surface area contributed by atoms with Crippen LogP contribution in [0.5, 0.6) is 0 Å². The number of unbranched alkanes of at least 4 members (excludes halogenated alkanes) is 2. The van der Waals surface area contributed by atoms with Crippen LogP contribution in [0.15, 0.2) is 52.6 Å². The summed E-state index contributed by atoms with van der Waals surface area (Å²) in [7, 11) is -4.23. The van der Waals surface area contributed by atoms with Gasteiger partial charge in [0.05, 0.1) is 6.54 Å². The molecular formula is C35H48N6O4S. The third-order valence-electron chi connectivity index (χ3n) is 9.45. The van der Waals surface area contributed by atoms with Gasteiger partial charge < -0.3 is 9.42 Å². The number of hydrogen-bond donors (Lipinski definition) is 1. The number of carbonyl (C=O) groups excluding carboxylic acids is 1. The van der Waals surface area contributed by atoms with Gasteiger partial charge in [-0.15, -0.1) is 0 Å². The van der Waals surface area contributed by atoms with E-state index in [0.717, 1.165) is 61.3 Å². The van der Waals surface area contributed by atoms with Crippen LogP contribution in [0.1, 0.15) is 94.8 Å². The highest BCUT2D eigenvalue weighted by atomic mass is 32.2. The summed E-state index contributed by atoms with van der Waals surface area (Å²) in [6, 6.07) is 9.58. The van der Waals surface area contributed by atoms with E-state index in [1.165, 1.54) is 0 Å². The van der Waals surface area contributed by atoms with E-state index < -0.39 is 20.2 Å². The molecule has 1 aromatic carbocycles. The lowest BCUT2D eigenvalue weighted by Crippen LogP contribution is -2.54. The molecule has 0 radical (unpaired) electrons. The Kier molecular flexibility index (Phi) is 9.91. The summed E-state index contributed by atoms with van der Waals surface area (Å²) in [6.07, 6.45) is 10.5. The summed E-state index contributed by atoms with van der Waals surface area (Å²) in [5.41, 5.74) is 2.37. The Balaban J connectivity index is 1.62. The minimum absolute atomic E-state index is 0.000342. The van der Waals surface area contributed by atoms with Crippen LogP contribution in [0.2, 0.25) is 0 Å². The second kappa shape index (κ2) is 13.6. The van der Waals surface area contributed by atoms with Crippen molar-refractivity contribution >= 4 is 27.3 Å². The van der Waals surface area contributed by atoms with Crippen LogP contribution in [0, 0.1) is 19.3 Å². The van der Waals surface area contributed by atoms with Crippen LogP contribution in [0.3, 0.4) is 0 Å². The topological polar surface area (TPSA) is 123 Å². The Hall–Kier alpha value is -3.73. The van der Waals surface area contributed by atoms with Crippen molar-refractivity contribution in [3.63, 3.8) is 0 Å². The zero-order valence-corrected chi connectivity index (χ0v) is 28.9. The highest BCUT2D eigenvalue weighted by Crippen LogP contribution is 2.46. The van der Waals surface area contributed by atoms with Crippen molar-refractivity contribution in [2.24, 2.45) is 5.41 Å². The van der Waals surface area contributed by atoms with Crippen molar-refractivity contribution < 1.29 is 17.7 Å². The number of aromatic nitrogens is 4. The molecule has 1 N–H and O–H groups in total. The molecular weight excluding hydrogens is 600 g/mol. The van der Waals surface area contributed by atoms with Gasteiger partial charge in [-0.3, -0.25) is 9.52 Å². The van der Waals surface area contributed by atoms with Gasteiger partial charge in [0, 0.05) is 36.9 Å². The largest absolute Gasteiger partial charge is 0.359 e. The first kappa shape index (κ1) is 33.6. The van der Waals surface area contributed by atoms with Gasteiger partial charge in [-0.25, -0.2) is 18.1 Å². The van der Waals surface area contributed by atoms with Gasteiger partial charge in [0.1, 0.15) is 16.3 Å². The molecule has 1 aliphatic heterocycles. The predicted octanol–water partition coefficient (Wildman–Crippen LogP) is 6.42. The molecule has 11 heteroatoms. The molecule has 1 unspecified atom stereocenters. The number of anilines is 1. The van der Waals surface area contributed by atoms with Gasteiger partial charge in [0.15, 0.2) is 11.6 Å². The van der Waals surface area contributed by atoms with Gasteiger partial charge in [0.25, 0.3) is 0 Å². The minimum Gasteiger partial charge on any atom is -0.359 e. The highest BCUT2D eigenvalue weighted by Gasteiger charge is 2.53. The summed E-state index contributed by atoms with van der Waals surface area (Å²) in [5, 5.41) is 8.94. The number of nitrogens with one attached hydrogen (secondary N) is 1. The van der Waals surface area contributed by atoms with Gasteiger partial charge in [-0.1, -0.05) is 88.2 Å². The van der Waals surface area contributed by atoms with E-state index in [1.54, 1.807) is 18.7 Å². The van der Waals surface area contributed by atoms with Crippen LogP contribution in [0.25, 0.3) is 5.57 Å². The maximum atomic E-state index is 15.0. The first-order chi connectivity index (χ1) is 21.9. The number of likely N-dealkylation sites (tertiary alicyclic amines) is 1. The number of hydrogen-bond acceptors (Lipinski definition) is 7. The van der Waals surface area contributed by atoms with Crippen LogP contribution < -0.4 is 4.72 Å². The lowest BCUT2D eigenvalue weighted by molar-refractivity contribution is -0.134. The summed E-state index contributed by atoms with van der Waals surface area (Å²) in [4.78, 5) is 20.3. The van der Waals surface area contributed by atoms with Crippen molar-refractivity contribution in [1.82, 2.24) is 24.8 Å². The summed E-state index contributed by atoms with van der Waals surface area (Å²) < 4.78 is 38.5. The average Bonchev–Trinajstić information content (AvgIpc) is 3.65. The molecule has 3 heterocycles. The first-order valence-electron chi connectivity index (χ1n) is 16.5. The Morgan fingerprint density at radius 2 is 1.74 bits per heavy atom. The smallest absolute Gasteiger partial charge is 0.246 e. The van der Waals surface area contributed by atoms with Crippen molar-refractivity contribution in [1.29, 1.82) is 0 Å². The number of amides is 1. The molecule has 1 atom stereocenters. The molecule has 46 heavy (non-hydrogen) atoms. The van der Waals surface area contributed by atoms with Crippen LogP contribution >= 0.6 is 0 Å². The normalized spacial score (nSPS) is 19.8. The number of rotatable bonds is 14. The lowest BCUT2D eigenvalue weighted by Gasteiger charge is -2.41. The van der Waals surface area contributed by atoms with Gasteiger partial charge in [0.2, 0.25) is 15.9 Å². The van der Waals surface area contributed by atoms with E-state index in [2.05, 4.69) is 23.7 Å². The summed E-state index contributed by atoms with van der Waals surface area (Å²) >= 11 is 0. The number of benzene rings is 1. The van der Waals surface area contributed by atoms with Crippen molar-refractivity contribution in [2.45, 2.75) is 104 Å². The average molecular weight is 649 g/mol. The van der Waals surface area contributed by atoms with E-state index in [-0.39, 0.29) is 24.7 Å². The molecule has 5 rings (SSSR count). The fraction of sp³-hybridized carbons (Fsp3) is 0.543. The fourth-order valence-electron chi connectivity index (χ4n) is 6.38. The number of sulfonamides is 1. The molecule has 1 aliphatic carbocycles. The van der Waals surface area contributed by atoms with E-state index in [4.69, 9.17) is 14.6 Å². The third-order valence-corrected chi connectivity index (χ3v) is 11.4. The monoisotopic (exact) mass is 648 g/mol. The molecule has 10 nitrogen and oxygen atoms in total. The second-order valence-electron chi connectivity index (χ2n) is 13.4. The maximum absolute atomic E-state index is 15.0. The molecule has 1 fully saturated rings. The Bertz CT molecular complexity index is 1720. The van der Waals surface area contributed by atoms with Gasteiger partial charge in [-0.2, -0.15) is 5.10 Å². The van der Waals surface area contributed by atoms with Crippen LogP contribution in [-0.2, 0) is 34.2 Å². The van der Waals surface area contributed by atoms with Crippen LogP contribution in [0.4, 0.5) is 5.82 Å². The molecule has 2 aliphatic rings. The zero-order chi connectivity index (χ0) is 33.1. The van der Waals surface area contributed by atoms with Crippen molar-refractivity contribution in [2.75, 3.05) is 17.8 Å². The van der Waals surface area contributed by atoms with E-state index in [0.29, 0.717) is 36.4 Å². The quantitative estimate of drug-likeness (QED) is 0.214. The standard InChI is InChI=1S/C35H48N6O4S/c1-7-9-16-30-36-31(17-10-8-2)41(37-30)23-27-18-19-29(28-14-12-11-13-15-28)35(22-27,24-40-21-20-34(5,6)33(40)42)46(43,44)39-32-25(3)26(4)45-38-32/h11-15,18-19H,7-10,16-17,20-24H2,1-6H3,(H,38,39). The van der Waals surface area contributed by atoms with E-state index in [9.17, 15) is 13.2 Å². The Morgan fingerprint density at radius 3 is 2.37 bits per heavy atom. The molecule has 3 aromatic rings. The van der Waals surface area contributed by atoms with Gasteiger partial charge in [-0.05, 0) is 56.2 Å². The maximum Gasteiger partial charge on any atom is 0.246 e. The molecule has 248 valence electrons. The van der Waals surface area contributed by atoms with Crippen LogP contribution in [-0.4, -0.2) is 57.0 Å². The van der Waals surface area contributed by atoms with E-state index in [1.807, 2.05) is 61.0 Å². The molecule has 2 aromatic heterocycles. The summed E-state index contributed by atoms with van der Waals surface area (Å²) in [5.74, 6) is 2.40.